The van der Waals surface area contributed by atoms with Crippen LogP contribution < -0.4 is 10.1 Å². The molecule has 1 unspecified atom stereocenters. The number of likely N-dealkylation sites (N-methyl/N-ethyl adjacent to an activating group) is 1. The molecule has 1 heterocycles. The first-order chi connectivity index (χ1) is 6.33. The van der Waals surface area contributed by atoms with Gasteiger partial charge in [-0.1, -0.05) is 25.1 Å². The van der Waals surface area contributed by atoms with Crippen LogP contribution >= 0.6 is 0 Å². The van der Waals surface area contributed by atoms with Crippen molar-refractivity contribution in [2.75, 3.05) is 6.54 Å². The highest BCUT2D eigenvalue weighted by Crippen LogP contribution is 2.32. The standard InChI is InChI=1S/C10H11NO2/c1-2-11-9-7-5-3-4-6-8(7)13-10(9)12/h3-6,9,11H,2H2,1H3. The van der Waals surface area contributed by atoms with Gasteiger partial charge in [-0.3, -0.25) is 0 Å². The van der Waals surface area contributed by atoms with Gasteiger partial charge in [0.1, 0.15) is 11.8 Å². The molecule has 1 aliphatic heterocycles. The fourth-order valence-electron chi connectivity index (χ4n) is 1.50. The molecule has 0 bridgehead atoms. The van der Waals surface area contributed by atoms with Gasteiger partial charge in [0.05, 0.1) is 0 Å². The summed E-state index contributed by atoms with van der Waals surface area (Å²) >= 11 is 0. The third kappa shape index (κ3) is 1.31. The number of fused-ring (bicyclic) bond motifs is 1. The summed E-state index contributed by atoms with van der Waals surface area (Å²) < 4.78 is 5.07. The molecular weight excluding hydrogens is 166 g/mol. The first-order valence-corrected chi connectivity index (χ1v) is 4.37. The van der Waals surface area contributed by atoms with Gasteiger partial charge >= 0.3 is 5.97 Å². The maximum absolute atomic E-state index is 11.3. The van der Waals surface area contributed by atoms with Crippen LogP contribution in [0.15, 0.2) is 24.3 Å². The molecule has 0 aromatic heterocycles. The molecule has 0 fully saturated rings. The number of hydrogen-bond donors (Lipinski definition) is 1. The summed E-state index contributed by atoms with van der Waals surface area (Å²) in [6, 6.07) is 7.21. The summed E-state index contributed by atoms with van der Waals surface area (Å²) in [6.07, 6.45) is 0. The SMILES string of the molecule is CCNC1C(=O)Oc2ccccc21. The number of esters is 1. The first kappa shape index (κ1) is 8.26. The number of ether oxygens (including phenoxy) is 1. The van der Waals surface area contributed by atoms with Gasteiger partial charge in [0, 0.05) is 5.56 Å². The van der Waals surface area contributed by atoms with Gasteiger partial charge in [-0.2, -0.15) is 0 Å². The molecule has 0 spiro atoms. The van der Waals surface area contributed by atoms with Crippen molar-refractivity contribution in [3.05, 3.63) is 29.8 Å². The maximum Gasteiger partial charge on any atom is 0.333 e. The van der Waals surface area contributed by atoms with Crippen LogP contribution in [0.1, 0.15) is 18.5 Å². The summed E-state index contributed by atoms with van der Waals surface area (Å²) in [7, 11) is 0. The number of rotatable bonds is 2. The molecule has 1 aromatic carbocycles. The van der Waals surface area contributed by atoms with E-state index >= 15 is 0 Å². The van der Waals surface area contributed by atoms with Crippen molar-refractivity contribution < 1.29 is 9.53 Å². The average molecular weight is 177 g/mol. The topological polar surface area (TPSA) is 38.3 Å². The molecule has 0 saturated carbocycles. The Morgan fingerprint density at radius 3 is 3.00 bits per heavy atom. The molecule has 0 aliphatic carbocycles. The van der Waals surface area contributed by atoms with Gasteiger partial charge in [0.25, 0.3) is 0 Å². The zero-order valence-corrected chi connectivity index (χ0v) is 7.41. The van der Waals surface area contributed by atoms with Crippen molar-refractivity contribution >= 4 is 5.97 Å². The highest BCUT2D eigenvalue weighted by Gasteiger charge is 2.31. The van der Waals surface area contributed by atoms with Crippen molar-refractivity contribution in [2.45, 2.75) is 13.0 Å². The largest absolute Gasteiger partial charge is 0.425 e. The van der Waals surface area contributed by atoms with Gasteiger partial charge in [0.2, 0.25) is 0 Å². The smallest absolute Gasteiger partial charge is 0.333 e. The third-order valence-electron chi connectivity index (χ3n) is 2.08. The molecule has 1 aliphatic rings. The van der Waals surface area contributed by atoms with Crippen molar-refractivity contribution in [3.63, 3.8) is 0 Å². The van der Waals surface area contributed by atoms with Crippen LogP contribution in [0.25, 0.3) is 0 Å². The van der Waals surface area contributed by atoms with E-state index in [1.807, 2.05) is 31.2 Å². The molecule has 13 heavy (non-hydrogen) atoms. The molecule has 68 valence electrons. The Bertz CT molecular complexity index is 335. The van der Waals surface area contributed by atoms with E-state index in [0.29, 0.717) is 5.75 Å². The average Bonchev–Trinajstić information content (AvgIpc) is 2.44. The summed E-state index contributed by atoms with van der Waals surface area (Å²) in [4.78, 5) is 11.3. The van der Waals surface area contributed by atoms with E-state index in [-0.39, 0.29) is 12.0 Å². The van der Waals surface area contributed by atoms with Crippen molar-refractivity contribution in [3.8, 4) is 5.75 Å². The van der Waals surface area contributed by atoms with Crippen molar-refractivity contribution in [2.24, 2.45) is 0 Å². The molecule has 3 nitrogen and oxygen atoms in total. The Morgan fingerprint density at radius 2 is 2.23 bits per heavy atom. The predicted molar refractivity (Wildman–Crippen MR) is 48.5 cm³/mol. The Balaban J connectivity index is 2.35. The minimum Gasteiger partial charge on any atom is -0.425 e. The normalized spacial score (nSPS) is 19.8. The molecule has 3 heteroatoms. The number of carbonyl (C=O) groups is 1. The number of carbonyl (C=O) groups excluding carboxylic acids is 1. The fourth-order valence-corrected chi connectivity index (χ4v) is 1.50. The minimum absolute atomic E-state index is 0.206. The first-order valence-electron chi connectivity index (χ1n) is 4.37. The van der Waals surface area contributed by atoms with Gasteiger partial charge in [-0.15, -0.1) is 0 Å². The third-order valence-corrected chi connectivity index (χ3v) is 2.08. The van der Waals surface area contributed by atoms with E-state index in [1.54, 1.807) is 0 Å². The van der Waals surface area contributed by atoms with Crippen LogP contribution in [-0.2, 0) is 4.79 Å². The lowest BCUT2D eigenvalue weighted by atomic mass is 10.1. The maximum atomic E-state index is 11.3. The lowest BCUT2D eigenvalue weighted by Gasteiger charge is -2.06. The van der Waals surface area contributed by atoms with Crippen LogP contribution in [0, 0.1) is 0 Å². The predicted octanol–water partition coefficient (Wildman–Crippen LogP) is 1.26. The summed E-state index contributed by atoms with van der Waals surface area (Å²) in [5.41, 5.74) is 0.939. The number of benzene rings is 1. The molecule has 1 atom stereocenters. The second-order valence-electron chi connectivity index (χ2n) is 2.95. The molecule has 0 radical (unpaired) electrons. The molecule has 0 saturated heterocycles. The van der Waals surface area contributed by atoms with E-state index in [0.717, 1.165) is 12.1 Å². The molecule has 1 aromatic rings. The second kappa shape index (κ2) is 3.18. The fraction of sp³-hybridized carbons (Fsp3) is 0.300. The van der Waals surface area contributed by atoms with Crippen LogP contribution in [0.4, 0.5) is 0 Å². The lowest BCUT2D eigenvalue weighted by molar-refractivity contribution is -0.134. The zero-order chi connectivity index (χ0) is 9.26. The van der Waals surface area contributed by atoms with Gasteiger partial charge in [-0.05, 0) is 12.6 Å². The van der Waals surface area contributed by atoms with E-state index < -0.39 is 0 Å². The molecule has 1 N–H and O–H groups in total. The summed E-state index contributed by atoms with van der Waals surface area (Å²) in [6.45, 7) is 2.72. The number of para-hydroxylation sites is 1. The highest BCUT2D eigenvalue weighted by atomic mass is 16.5. The molecule has 0 amide bonds. The monoisotopic (exact) mass is 177 g/mol. The lowest BCUT2D eigenvalue weighted by Crippen LogP contribution is -2.26. The minimum atomic E-state index is -0.277. The Hall–Kier alpha value is -1.35. The van der Waals surface area contributed by atoms with Crippen molar-refractivity contribution in [1.82, 2.24) is 5.32 Å². The van der Waals surface area contributed by atoms with Gasteiger partial charge in [0.15, 0.2) is 0 Å². The highest BCUT2D eigenvalue weighted by molar-refractivity contribution is 5.85. The number of hydrogen-bond acceptors (Lipinski definition) is 3. The van der Waals surface area contributed by atoms with Crippen LogP contribution in [-0.4, -0.2) is 12.5 Å². The van der Waals surface area contributed by atoms with Crippen LogP contribution in [0.5, 0.6) is 5.75 Å². The van der Waals surface area contributed by atoms with E-state index in [4.69, 9.17) is 4.74 Å². The Labute approximate surface area is 76.7 Å². The Kier molecular flexibility index (Phi) is 2.02. The van der Waals surface area contributed by atoms with Gasteiger partial charge in [-0.25, -0.2) is 4.79 Å². The quantitative estimate of drug-likeness (QED) is 0.546. The number of nitrogens with one attached hydrogen (secondary N) is 1. The van der Waals surface area contributed by atoms with E-state index in [2.05, 4.69) is 5.32 Å². The van der Waals surface area contributed by atoms with Crippen LogP contribution in [0.2, 0.25) is 0 Å². The zero-order valence-electron chi connectivity index (χ0n) is 7.41. The molecule has 2 rings (SSSR count). The van der Waals surface area contributed by atoms with Gasteiger partial charge < -0.3 is 10.1 Å². The second-order valence-corrected chi connectivity index (χ2v) is 2.95. The van der Waals surface area contributed by atoms with E-state index in [9.17, 15) is 4.79 Å². The summed E-state index contributed by atoms with van der Waals surface area (Å²) in [5, 5.41) is 3.08. The Morgan fingerprint density at radius 1 is 1.46 bits per heavy atom. The van der Waals surface area contributed by atoms with Crippen LogP contribution in [0.3, 0.4) is 0 Å². The van der Waals surface area contributed by atoms with Crippen molar-refractivity contribution in [1.29, 1.82) is 0 Å². The van der Waals surface area contributed by atoms with E-state index in [1.165, 1.54) is 0 Å². The summed E-state index contributed by atoms with van der Waals surface area (Å²) in [5.74, 6) is 0.474. The molecular formula is C10H11NO2.